The average Bonchev–Trinajstić information content (AvgIpc) is 2.36. The third kappa shape index (κ3) is 2.02. The molecule has 0 amide bonds. The molecule has 0 bridgehead atoms. The Balaban J connectivity index is 1.61. The van der Waals surface area contributed by atoms with Crippen molar-refractivity contribution in [3.8, 4) is 0 Å². The summed E-state index contributed by atoms with van der Waals surface area (Å²) in [4.78, 5) is 0. The average molecular weight is 223 g/mol. The minimum absolute atomic E-state index is 0.223. The lowest BCUT2D eigenvalue weighted by atomic mass is 9.77. The number of nitrogens with one attached hydrogen (secondary N) is 1. The van der Waals surface area contributed by atoms with Crippen LogP contribution >= 0.6 is 0 Å². The van der Waals surface area contributed by atoms with Gasteiger partial charge < -0.3 is 10.1 Å². The Morgan fingerprint density at radius 1 is 0.750 bits per heavy atom. The maximum Gasteiger partial charge on any atom is 0.0807 e. The molecule has 1 heterocycles. The quantitative estimate of drug-likeness (QED) is 0.681. The lowest BCUT2D eigenvalue weighted by Crippen LogP contribution is -2.63. The number of ether oxygens (including phenoxy) is 1. The zero-order valence-electron chi connectivity index (χ0n) is 10.4. The first-order valence-electron chi connectivity index (χ1n) is 7.22. The van der Waals surface area contributed by atoms with Gasteiger partial charge in [-0.2, -0.15) is 0 Å². The molecular formula is C14H25NO. The lowest BCUT2D eigenvalue weighted by molar-refractivity contribution is -0.132. The standard InChI is InChI=1S/C14H25NO/c1-3-7-13(8-4-1)12-16-14(11-15-13)9-5-2-6-10-14/h15H,1-12H2. The summed E-state index contributed by atoms with van der Waals surface area (Å²) in [5, 5.41) is 3.87. The number of morpholine rings is 1. The lowest BCUT2D eigenvalue weighted by Gasteiger charge is -2.50. The summed E-state index contributed by atoms with van der Waals surface area (Å²) in [5.41, 5.74) is 0.585. The van der Waals surface area contributed by atoms with E-state index in [1.165, 1.54) is 64.2 Å². The second kappa shape index (κ2) is 4.30. The van der Waals surface area contributed by atoms with Crippen LogP contribution in [0.4, 0.5) is 0 Å². The van der Waals surface area contributed by atoms with Crippen LogP contribution in [0.25, 0.3) is 0 Å². The molecule has 16 heavy (non-hydrogen) atoms. The summed E-state index contributed by atoms with van der Waals surface area (Å²) in [5.74, 6) is 0. The van der Waals surface area contributed by atoms with Gasteiger partial charge in [-0.15, -0.1) is 0 Å². The van der Waals surface area contributed by atoms with Gasteiger partial charge in [0.05, 0.1) is 12.2 Å². The van der Waals surface area contributed by atoms with E-state index in [2.05, 4.69) is 5.32 Å². The van der Waals surface area contributed by atoms with E-state index in [0.717, 1.165) is 13.2 Å². The summed E-state index contributed by atoms with van der Waals surface area (Å²) < 4.78 is 6.34. The smallest absolute Gasteiger partial charge is 0.0807 e. The first-order valence-corrected chi connectivity index (χ1v) is 7.22. The molecule has 3 fully saturated rings. The monoisotopic (exact) mass is 223 g/mol. The molecule has 0 atom stereocenters. The highest BCUT2D eigenvalue weighted by atomic mass is 16.5. The van der Waals surface area contributed by atoms with Crippen molar-refractivity contribution in [1.82, 2.24) is 5.32 Å². The highest BCUT2D eigenvalue weighted by Gasteiger charge is 2.43. The number of hydrogen-bond acceptors (Lipinski definition) is 2. The molecule has 3 rings (SSSR count). The van der Waals surface area contributed by atoms with Crippen LogP contribution in [0.1, 0.15) is 64.2 Å². The van der Waals surface area contributed by atoms with E-state index in [4.69, 9.17) is 4.74 Å². The van der Waals surface area contributed by atoms with Gasteiger partial charge >= 0.3 is 0 Å². The van der Waals surface area contributed by atoms with Crippen molar-refractivity contribution < 1.29 is 4.74 Å². The second-order valence-corrected chi connectivity index (χ2v) is 6.23. The fourth-order valence-corrected chi connectivity index (χ4v) is 3.81. The molecule has 2 saturated carbocycles. The van der Waals surface area contributed by atoms with Crippen LogP contribution in [-0.2, 0) is 4.74 Å². The SMILES string of the molecule is C1CCC2(CC1)COC1(CCCCC1)CN2. The summed E-state index contributed by atoms with van der Waals surface area (Å²) in [6.45, 7) is 2.10. The predicted molar refractivity (Wildman–Crippen MR) is 65.6 cm³/mol. The molecule has 0 radical (unpaired) electrons. The van der Waals surface area contributed by atoms with E-state index in [9.17, 15) is 0 Å². The predicted octanol–water partition coefficient (Wildman–Crippen LogP) is 3.01. The van der Waals surface area contributed by atoms with E-state index >= 15 is 0 Å². The minimum atomic E-state index is 0.223. The van der Waals surface area contributed by atoms with Crippen molar-refractivity contribution in [2.24, 2.45) is 0 Å². The van der Waals surface area contributed by atoms with Crippen LogP contribution in [0.5, 0.6) is 0 Å². The Morgan fingerprint density at radius 2 is 1.38 bits per heavy atom. The molecule has 1 aliphatic heterocycles. The molecule has 92 valence electrons. The van der Waals surface area contributed by atoms with Crippen molar-refractivity contribution in [1.29, 1.82) is 0 Å². The molecule has 1 N–H and O–H groups in total. The third-order valence-electron chi connectivity index (χ3n) is 5.02. The van der Waals surface area contributed by atoms with Crippen molar-refractivity contribution >= 4 is 0 Å². The Hall–Kier alpha value is -0.0800. The maximum absolute atomic E-state index is 6.34. The molecule has 2 spiro atoms. The van der Waals surface area contributed by atoms with Gasteiger partial charge in [0.2, 0.25) is 0 Å². The van der Waals surface area contributed by atoms with Crippen LogP contribution in [0, 0.1) is 0 Å². The van der Waals surface area contributed by atoms with Crippen LogP contribution < -0.4 is 5.32 Å². The Kier molecular flexibility index (Phi) is 2.97. The van der Waals surface area contributed by atoms with E-state index in [1.807, 2.05) is 0 Å². The highest BCUT2D eigenvalue weighted by molar-refractivity contribution is 5.00. The largest absolute Gasteiger partial charge is 0.372 e. The third-order valence-corrected chi connectivity index (χ3v) is 5.02. The summed E-state index contributed by atoms with van der Waals surface area (Å²) in [7, 11) is 0. The van der Waals surface area contributed by atoms with Gasteiger partial charge in [-0.25, -0.2) is 0 Å². The van der Waals surface area contributed by atoms with Gasteiger partial charge in [-0.3, -0.25) is 0 Å². The van der Waals surface area contributed by atoms with Crippen LogP contribution in [0.3, 0.4) is 0 Å². The minimum Gasteiger partial charge on any atom is -0.372 e. The normalized spacial score (nSPS) is 33.0. The van der Waals surface area contributed by atoms with Gasteiger partial charge in [0.15, 0.2) is 0 Å². The van der Waals surface area contributed by atoms with Crippen LogP contribution in [0.2, 0.25) is 0 Å². The molecule has 2 nitrogen and oxygen atoms in total. The Morgan fingerprint density at radius 3 is 1.94 bits per heavy atom. The van der Waals surface area contributed by atoms with Crippen molar-refractivity contribution in [2.75, 3.05) is 13.2 Å². The van der Waals surface area contributed by atoms with Crippen molar-refractivity contribution in [3.05, 3.63) is 0 Å². The number of hydrogen-bond donors (Lipinski definition) is 1. The molecular weight excluding hydrogens is 198 g/mol. The van der Waals surface area contributed by atoms with Gasteiger partial charge in [0, 0.05) is 12.1 Å². The zero-order valence-corrected chi connectivity index (χ0v) is 10.4. The molecule has 1 saturated heterocycles. The molecule has 2 heteroatoms. The summed E-state index contributed by atoms with van der Waals surface area (Å²) in [6, 6.07) is 0. The van der Waals surface area contributed by atoms with Gasteiger partial charge in [0.25, 0.3) is 0 Å². The van der Waals surface area contributed by atoms with E-state index in [1.54, 1.807) is 0 Å². The van der Waals surface area contributed by atoms with Gasteiger partial charge in [-0.05, 0) is 25.7 Å². The summed E-state index contributed by atoms with van der Waals surface area (Å²) in [6.07, 6.45) is 13.6. The van der Waals surface area contributed by atoms with E-state index < -0.39 is 0 Å². The molecule has 2 aliphatic carbocycles. The fourth-order valence-electron chi connectivity index (χ4n) is 3.81. The Labute approximate surface area is 99.1 Å². The molecule has 0 aromatic heterocycles. The van der Waals surface area contributed by atoms with Crippen molar-refractivity contribution in [2.45, 2.75) is 75.3 Å². The Bertz CT molecular complexity index is 201. The first kappa shape index (κ1) is 11.0. The molecule has 3 aliphatic rings. The summed E-state index contributed by atoms with van der Waals surface area (Å²) >= 11 is 0. The molecule has 0 aromatic rings. The molecule has 0 unspecified atom stereocenters. The first-order chi connectivity index (χ1) is 7.83. The maximum atomic E-state index is 6.34. The van der Waals surface area contributed by atoms with Crippen molar-refractivity contribution in [3.63, 3.8) is 0 Å². The highest BCUT2D eigenvalue weighted by Crippen LogP contribution is 2.38. The van der Waals surface area contributed by atoms with E-state index in [-0.39, 0.29) is 5.60 Å². The molecule has 0 aromatic carbocycles. The zero-order chi connectivity index (χ0) is 10.9. The topological polar surface area (TPSA) is 21.3 Å². The van der Waals surface area contributed by atoms with Gasteiger partial charge in [-0.1, -0.05) is 38.5 Å². The fraction of sp³-hybridized carbons (Fsp3) is 1.00. The van der Waals surface area contributed by atoms with Crippen LogP contribution in [0.15, 0.2) is 0 Å². The van der Waals surface area contributed by atoms with Crippen LogP contribution in [-0.4, -0.2) is 24.3 Å². The van der Waals surface area contributed by atoms with Gasteiger partial charge in [0.1, 0.15) is 0 Å². The second-order valence-electron chi connectivity index (χ2n) is 6.23. The number of rotatable bonds is 0. The van der Waals surface area contributed by atoms with E-state index in [0.29, 0.717) is 5.54 Å².